The maximum atomic E-state index is 13.7. The summed E-state index contributed by atoms with van der Waals surface area (Å²) >= 11 is 6.17. The number of nitrogens with zero attached hydrogens (tertiary/aromatic N) is 1. The standard InChI is InChI=1S/C30H26ClNO5/c1-3-5-16-36-30(35)20-10-13-22(14-11-20)32-26(19-8-6-18(4-2)7-9-19)25-27(33)23-17-21(31)12-15-24(23)37-28(25)29(32)34/h6-15,17,26H,3-5,16H2,1-2H3. The number of unbranched alkanes of at least 4 members (excludes halogenated alkanes) is 1. The third kappa shape index (κ3) is 4.53. The number of halogens is 1. The molecule has 0 N–H and O–H groups in total. The molecule has 5 rings (SSSR count). The van der Waals surface area contributed by atoms with E-state index in [-0.39, 0.29) is 16.8 Å². The Morgan fingerprint density at radius 1 is 1.00 bits per heavy atom. The Hall–Kier alpha value is -3.90. The molecule has 0 saturated carbocycles. The SMILES string of the molecule is CCCCOC(=O)c1ccc(N2C(=O)c3oc4ccc(Cl)cc4c(=O)c3C2c2ccc(CC)cc2)cc1. The van der Waals surface area contributed by atoms with E-state index in [1.165, 1.54) is 0 Å². The molecule has 0 spiro atoms. The molecule has 1 amide bonds. The van der Waals surface area contributed by atoms with E-state index in [0.717, 1.165) is 30.4 Å². The molecular weight excluding hydrogens is 490 g/mol. The van der Waals surface area contributed by atoms with Gasteiger partial charge in [0.1, 0.15) is 5.58 Å². The first kappa shape index (κ1) is 24.8. The largest absolute Gasteiger partial charge is 0.462 e. The van der Waals surface area contributed by atoms with Crippen molar-refractivity contribution in [3.8, 4) is 0 Å². The number of hydrogen-bond donors (Lipinski definition) is 0. The van der Waals surface area contributed by atoms with Crippen molar-refractivity contribution in [1.29, 1.82) is 0 Å². The zero-order valence-electron chi connectivity index (χ0n) is 20.6. The van der Waals surface area contributed by atoms with Crippen molar-refractivity contribution in [2.75, 3.05) is 11.5 Å². The average molecular weight is 516 g/mol. The quantitative estimate of drug-likeness (QED) is 0.202. The predicted octanol–water partition coefficient (Wildman–Crippen LogP) is 6.72. The summed E-state index contributed by atoms with van der Waals surface area (Å²) in [6.07, 6.45) is 2.59. The molecule has 0 fully saturated rings. The maximum absolute atomic E-state index is 13.7. The molecule has 1 aliphatic heterocycles. The third-order valence-electron chi connectivity index (χ3n) is 6.65. The molecule has 37 heavy (non-hydrogen) atoms. The minimum atomic E-state index is -0.699. The fraction of sp³-hybridized carbons (Fsp3) is 0.233. The fourth-order valence-electron chi connectivity index (χ4n) is 4.61. The Balaban J connectivity index is 1.62. The minimum absolute atomic E-state index is 0.00689. The van der Waals surface area contributed by atoms with Crippen molar-refractivity contribution in [2.24, 2.45) is 0 Å². The Bertz CT molecular complexity index is 1540. The lowest BCUT2D eigenvalue weighted by molar-refractivity contribution is 0.0499. The number of carbonyl (C=O) groups is 2. The summed E-state index contributed by atoms with van der Waals surface area (Å²) in [5, 5.41) is 0.729. The van der Waals surface area contributed by atoms with Crippen LogP contribution in [0.1, 0.15) is 70.3 Å². The van der Waals surface area contributed by atoms with Gasteiger partial charge in [-0.2, -0.15) is 0 Å². The van der Waals surface area contributed by atoms with Gasteiger partial charge in [-0.3, -0.25) is 14.5 Å². The number of fused-ring (bicyclic) bond motifs is 2. The van der Waals surface area contributed by atoms with Crippen LogP contribution in [-0.4, -0.2) is 18.5 Å². The predicted molar refractivity (Wildman–Crippen MR) is 144 cm³/mol. The Labute approximate surface area is 219 Å². The first-order chi connectivity index (χ1) is 17.9. The van der Waals surface area contributed by atoms with Gasteiger partial charge in [0, 0.05) is 10.7 Å². The number of amides is 1. The van der Waals surface area contributed by atoms with Crippen LogP contribution in [0.25, 0.3) is 11.0 Å². The van der Waals surface area contributed by atoms with Gasteiger partial charge in [0.25, 0.3) is 5.91 Å². The second-order valence-electron chi connectivity index (χ2n) is 9.02. The van der Waals surface area contributed by atoms with Crippen molar-refractivity contribution in [2.45, 2.75) is 39.2 Å². The van der Waals surface area contributed by atoms with Gasteiger partial charge in [0.2, 0.25) is 5.76 Å². The van der Waals surface area contributed by atoms with Crippen molar-refractivity contribution in [3.63, 3.8) is 0 Å². The van der Waals surface area contributed by atoms with E-state index >= 15 is 0 Å². The maximum Gasteiger partial charge on any atom is 0.338 e. The van der Waals surface area contributed by atoms with E-state index in [4.69, 9.17) is 20.8 Å². The van der Waals surface area contributed by atoms with Crippen LogP contribution in [0.4, 0.5) is 5.69 Å². The molecule has 0 radical (unpaired) electrons. The van der Waals surface area contributed by atoms with Crippen LogP contribution >= 0.6 is 11.6 Å². The van der Waals surface area contributed by atoms with Crippen LogP contribution in [0.3, 0.4) is 0 Å². The van der Waals surface area contributed by atoms with Crippen molar-refractivity contribution >= 4 is 40.1 Å². The lowest BCUT2D eigenvalue weighted by Gasteiger charge is -2.25. The van der Waals surface area contributed by atoms with Crippen LogP contribution in [0, 0.1) is 0 Å². The number of ether oxygens (including phenoxy) is 1. The van der Waals surface area contributed by atoms with E-state index in [1.54, 1.807) is 47.4 Å². The summed E-state index contributed by atoms with van der Waals surface area (Å²) in [4.78, 5) is 41.4. The molecule has 1 aliphatic rings. The average Bonchev–Trinajstić information content (AvgIpc) is 3.21. The number of aryl methyl sites for hydroxylation is 1. The molecule has 0 saturated heterocycles. The van der Waals surface area contributed by atoms with Crippen LogP contribution < -0.4 is 10.3 Å². The molecule has 1 atom stereocenters. The summed E-state index contributed by atoms with van der Waals surface area (Å²) in [6, 6.07) is 18.6. The van der Waals surface area contributed by atoms with Gasteiger partial charge in [-0.15, -0.1) is 0 Å². The number of hydrogen-bond acceptors (Lipinski definition) is 5. The number of carbonyl (C=O) groups excluding carboxylic acids is 2. The molecule has 0 bridgehead atoms. The zero-order valence-corrected chi connectivity index (χ0v) is 21.4. The third-order valence-corrected chi connectivity index (χ3v) is 6.88. The number of anilines is 1. The second kappa shape index (κ2) is 10.2. The Morgan fingerprint density at radius 3 is 2.41 bits per heavy atom. The first-order valence-electron chi connectivity index (χ1n) is 12.4. The highest BCUT2D eigenvalue weighted by atomic mass is 35.5. The van der Waals surface area contributed by atoms with Gasteiger partial charge >= 0.3 is 5.97 Å². The van der Waals surface area contributed by atoms with Crippen LogP contribution in [0.2, 0.25) is 5.02 Å². The molecule has 2 heterocycles. The first-order valence-corrected chi connectivity index (χ1v) is 12.8. The number of esters is 1. The fourth-order valence-corrected chi connectivity index (χ4v) is 4.79. The Morgan fingerprint density at radius 2 is 1.73 bits per heavy atom. The van der Waals surface area contributed by atoms with Crippen molar-refractivity contribution in [3.05, 3.63) is 110 Å². The van der Waals surface area contributed by atoms with Gasteiger partial charge in [0.15, 0.2) is 5.43 Å². The van der Waals surface area contributed by atoms with Crippen LogP contribution in [-0.2, 0) is 11.2 Å². The monoisotopic (exact) mass is 515 g/mol. The Kier molecular flexibility index (Phi) is 6.85. The molecule has 188 valence electrons. The summed E-state index contributed by atoms with van der Waals surface area (Å²) in [6.45, 7) is 4.45. The summed E-state index contributed by atoms with van der Waals surface area (Å²) in [5.41, 5.74) is 3.12. The summed E-state index contributed by atoms with van der Waals surface area (Å²) < 4.78 is 11.3. The zero-order chi connectivity index (χ0) is 26.1. The summed E-state index contributed by atoms with van der Waals surface area (Å²) in [5.74, 6) is -0.832. The lowest BCUT2D eigenvalue weighted by Crippen LogP contribution is -2.29. The van der Waals surface area contributed by atoms with Crippen molar-refractivity contribution in [1.82, 2.24) is 0 Å². The smallest absolute Gasteiger partial charge is 0.338 e. The van der Waals surface area contributed by atoms with Gasteiger partial charge in [0.05, 0.1) is 29.2 Å². The van der Waals surface area contributed by atoms with E-state index in [9.17, 15) is 14.4 Å². The van der Waals surface area contributed by atoms with E-state index in [1.807, 2.05) is 31.2 Å². The lowest BCUT2D eigenvalue weighted by atomic mass is 9.97. The molecule has 6 nitrogen and oxygen atoms in total. The van der Waals surface area contributed by atoms with Gasteiger partial charge in [-0.25, -0.2) is 4.79 Å². The van der Waals surface area contributed by atoms with Crippen molar-refractivity contribution < 1.29 is 18.7 Å². The number of rotatable bonds is 7. The van der Waals surface area contributed by atoms with E-state index in [0.29, 0.717) is 33.8 Å². The van der Waals surface area contributed by atoms with Gasteiger partial charge in [-0.1, -0.05) is 56.1 Å². The molecule has 0 aliphatic carbocycles. The topological polar surface area (TPSA) is 76.8 Å². The second-order valence-corrected chi connectivity index (χ2v) is 9.46. The van der Waals surface area contributed by atoms with E-state index in [2.05, 4.69) is 6.92 Å². The minimum Gasteiger partial charge on any atom is -0.462 e. The number of benzene rings is 3. The van der Waals surface area contributed by atoms with Crippen LogP contribution in [0.15, 0.2) is 75.9 Å². The van der Waals surface area contributed by atoms with Gasteiger partial charge < -0.3 is 9.15 Å². The molecule has 7 heteroatoms. The molecule has 4 aromatic rings. The normalized spacial score (nSPS) is 14.7. The van der Waals surface area contributed by atoms with Gasteiger partial charge in [-0.05, 0) is 66.4 Å². The molecule has 3 aromatic carbocycles. The molecular formula is C30H26ClNO5. The van der Waals surface area contributed by atoms with Crippen LogP contribution in [0.5, 0.6) is 0 Å². The summed E-state index contributed by atoms with van der Waals surface area (Å²) in [7, 11) is 0. The molecule has 1 unspecified atom stereocenters. The highest BCUT2D eigenvalue weighted by molar-refractivity contribution is 6.31. The highest BCUT2D eigenvalue weighted by Crippen LogP contribution is 2.41. The van der Waals surface area contributed by atoms with E-state index < -0.39 is 17.9 Å². The highest BCUT2D eigenvalue weighted by Gasteiger charge is 2.43. The molecule has 1 aromatic heterocycles.